The molecule has 0 spiro atoms. The maximum absolute atomic E-state index is 6.13. The molecule has 1 aromatic rings. The molecule has 0 amide bonds. The summed E-state index contributed by atoms with van der Waals surface area (Å²) in [6, 6.07) is 3.63. The van der Waals surface area contributed by atoms with Crippen LogP contribution in [0.25, 0.3) is 0 Å². The van der Waals surface area contributed by atoms with Gasteiger partial charge in [-0.15, -0.1) is 0 Å². The highest BCUT2D eigenvalue weighted by molar-refractivity contribution is 6.32. The van der Waals surface area contributed by atoms with Crippen molar-refractivity contribution >= 4 is 17.8 Å². The summed E-state index contributed by atoms with van der Waals surface area (Å²) in [5.41, 5.74) is 0.865. The normalized spacial score (nSPS) is 10.6. The van der Waals surface area contributed by atoms with E-state index in [9.17, 15) is 0 Å². The molecule has 0 bridgehead atoms. The summed E-state index contributed by atoms with van der Waals surface area (Å²) in [4.78, 5) is 0. The van der Waals surface area contributed by atoms with Crippen molar-refractivity contribution in [3.05, 3.63) is 22.7 Å². The lowest BCUT2D eigenvalue weighted by Gasteiger charge is -2.12. The topological polar surface area (TPSA) is 34.1 Å². The van der Waals surface area contributed by atoms with Crippen molar-refractivity contribution < 1.29 is 9.47 Å². The molecule has 5 heteroatoms. The number of methoxy groups -OCH3 is 1. The van der Waals surface area contributed by atoms with E-state index in [1.807, 2.05) is 27.1 Å². The molecule has 0 heterocycles. The van der Waals surface area contributed by atoms with Crippen LogP contribution in [0.2, 0.25) is 5.02 Å². The van der Waals surface area contributed by atoms with E-state index < -0.39 is 0 Å². The lowest BCUT2D eigenvalue weighted by molar-refractivity contribution is 0.311. The Hall–Kier alpha value is -1.42. The van der Waals surface area contributed by atoms with Gasteiger partial charge in [-0.05, 0) is 24.6 Å². The van der Waals surface area contributed by atoms with E-state index in [1.54, 1.807) is 24.4 Å². The molecule has 0 saturated heterocycles. The molecule has 0 atom stereocenters. The van der Waals surface area contributed by atoms with Crippen LogP contribution in [-0.2, 0) is 0 Å². The molecule has 1 rings (SSSR count). The quantitative estimate of drug-likeness (QED) is 0.600. The van der Waals surface area contributed by atoms with E-state index in [1.165, 1.54) is 0 Å². The van der Waals surface area contributed by atoms with E-state index in [0.29, 0.717) is 23.1 Å². The standard InChI is InChI=1S/C12H17ClN2O2/c1-5-17-12-10(13)6-9(7-11(12)16-4)8-14-15(2)3/h6-8H,5H2,1-4H3/b14-8+. The molecule has 0 saturated carbocycles. The van der Waals surface area contributed by atoms with E-state index in [2.05, 4.69) is 5.10 Å². The zero-order chi connectivity index (χ0) is 12.8. The predicted molar refractivity (Wildman–Crippen MR) is 70.5 cm³/mol. The third kappa shape index (κ3) is 3.82. The first-order valence-corrected chi connectivity index (χ1v) is 5.68. The van der Waals surface area contributed by atoms with Crippen LogP contribution >= 0.6 is 11.6 Å². The highest BCUT2D eigenvalue weighted by atomic mass is 35.5. The summed E-state index contributed by atoms with van der Waals surface area (Å²) in [7, 11) is 5.29. The highest BCUT2D eigenvalue weighted by Gasteiger charge is 2.10. The lowest BCUT2D eigenvalue weighted by Crippen LogP contribution is -2.02. The number of benzene rings is 1. The average molecular weight is 257 g/mol. The van der Waals surface area contributed by atoms with Crippen LogP contribution < -0.4 is 9.47 Å². The molecule has 94 valence electrons. The van der Waals surface area contributed by atoms with Crippen LogP contribution in [0.1, 0.15) is 12.5 Å². The first-order chi connectivity index (χ1) is 8.08. The van der Waals surface area contributed by atoms with Gasteiger partial charge in [0.05, 0.1) is 25.0 Å². The molecular weight excluding hydrogens is 240 g/mol. The Morgan fingerprint density at radius 2 is 2.12 bits per heavy atom. The SMILES string of the molecule is CCOc1c(Cl)cc(/C=N/N(C)C)cc1OC. The van der Waals surface area contributed by atoms with Gasteiger partial charge in [-0.2, -0.15) is 5.10 Å². The average Bonchev–Trinajstić information content (AvgIpc) is 2.29. The molecule has 0 radical (unpaired) electrons. The van der Waals surface area contributed by atoms with Gasteiger partial charge in [0.1, 0.15) is 0 Å². The molecule has 0 unspecified atom stereocenters. The van der Waals surface area contributed by atoms with Gasteiger partial charge in [-0.1, -0.05) is 11.6 Å². The van der Waals surface area contributed by atoms with Gasteiger partial charge in [-0.25, -0.2) is 0 Å². The van der Waals surface area contributed by atoms with Crippen molar-refractivity contribution in [1.82, 2.24) is 5.01 Å². The second kappa shape index (κ2) is 6.35. The Morgan fingerprint density at radius 1 is 1.41 bits per heavy atom. The summed E-state index contributed by atoms with van der Waals surface area (Å²) in [5, 5.41) is 6.37. The first-order valence-electron chi connectivity index (χ1n) is 5.30. The van der Waals surface area contributed by atoms with Crippen LogP contribution in [-0.4, -0.2) is 39.0 Å². The zero-order valence-corrected chi connectivity index (χ0v) is 11.3. The minimum absolute atomic E-state index is 0.520. The van der Waals surface area contributed by atoms with Crippen molar-refractivity contribution in [2.75, 3.05) is 27.8 Å². The Bertz CT molecular complexity index is 406. The van der Waals surface area contributed by atoms with Gasteiger partial charge in [0.25, 0.3) is 0 Å². The van der Waals surface area contributed by atoms with Crippen molar-refractivity contribution in [2.24, 2.45) is 5.10 Å². The largest absolute Gasteiger partial charge is 0.493 e. The molecule has 0 fully saturated rings. The summed E-state index contributed by atoms with van der Waals surface area (Å²) >= 11 is 6.13. The van der Waals surface area contributed by atoms with Crippen molar-refractivity contribution in [3.63, 3.8) is 0 Å². The van der Waals surface area contributed by atoms with Gasteiger partial charge in [-0.3, -0.25) is 0 Å². The minimum atomic E-state index is 0.520. The third-order valence-corrected chi connectivity index (χ3v) is 2.26. The number of hydrogen-bond acceptors (Lipinski definition) is 4. The van der Waals surface area contributed by atoms with Crippen LogP contribution in [0, 0.1) is 0 Å². The van der Waals surface area contributed by atoms with E-state index in [-0.39, 0.29) is 0 Å². The molecule has 17 heavy (non-hydrogen) atoms. The predicted octanol–water partition coefficient (Wildman–Crippen LogP) is 2.64. The fourth-order valence-electron chi connectivity index (χ4n) is 1.28. The van der Waals surface area contributed by atoms with E-state index >= 15 is 0 Å². The van der Waals surface area contributed by atoms with Crippen LogP contribution in [0.15, 0.2) is 17.2 Å². The van der Waals surface area contributed by atoms with Crippen molar-refractivity contribution in [3.8, 4) is 11.5 Å². The van der Waals surface area contributed by atoms with E-state index in [0.717, 1.165) is 5.56 Å². The molecule has 0 N–H and O–H groups in total. The number of hydrazone groups is 1. The molecular formula is C12H17ClN2O2. The van der Waals surface area contributed by atoms with Crippen molar-refractivity contribution in [2.45, 2.75) is 6.92 Å². The lowest BCUT2D eigenvalue weighted by atomic mass is 10.2. The molecule has 1 aromatic carbocycles. The van der Waals surface area contributed by atoms with Crippen LogP contribution in [0.3, 0.4) is 0 Å². The van der Waals surface area contributed by atoms with Gasteiger partial charge in [0.2, 0.25) is 0 Å². The van der Waals surface area contributed by atoms with Gasteiger partial charge in [0, 0.05) is 14.1 Å². The summed E-state index contributed by atoms with van der Waals surface area (Å²) in [6.07, 6.45) is 1.71. The van der Waals surface area contributed by atoms with Crippen LogP contribution in [0.4, 0.5) is 0 Å². The monoisotopic (exact) mass is 256 g/mol. The Labute approximate surface area is 107 Å². The fraction of sp³-hybridized carbons (Fsp3) is 0.417. The molecule has 0 aliphatic heterocycles. The minimum Gasteiger partial charge on any atom is -0.493 e. The second-order valence-electron chi connectivity index (χ2n) is 3.56. The maximum Gasteiger partial charge on any atom is 0.179 e. The highest BCUT2D eigenvalue weighted by Crippen LogP contribution is 2.35. The third-order valence-electron chi connectivity index (χ3n) is 1.98. The van der Waals surface area contributed by atoms with E-state index in [4.69, 9.17) is 21.1 Å². The number of halogens is 1. The summed E-state index contributed by atoms with van der Waals surface area (Å²) in [6.45, 7) is 2.44. The van der Waals surface area contributed by atoms with Gasteiger partial charge >= 0.3 is 0 Å². The first kappa shape index (κ1) is 13.6. The molecule has 0 aliphatic rings. The number of nitrogens with zero attached hydrogens (tertiary/aromatic N) is 2. The molecule has 0 aliphatic carbocycles. The molecule has 0 aromatic heterocycles. The van der Waals surface area contributed by atoms with Crippen molar-refractivity contribution in [1.29, 1.82) is 0 Å². The van der Waals surface area contributed by atoms with Gasteiger partial charge < -0.3 is 14.5 Å². The Morgan fingerprint density at radius 3 is 2.65 bits per heavy atom. The van der Waals surface area contributed by atoms with Gasteiger partial charge in [0.15, 0.2) is 11.5 Å². The Balaban J connectivity index is 3.08. The fourth-order valence-corrected chi connectivity index (χ4v) is 1.55. The van der Waals surface area contributed by atoms with Crippen LogP contribution in [0.5, 0.6) is 11.5 Å². The second-order valence-corrected chi connectivity index (χ2v) is 3.97. The zero-order valence-electron chi connectivity index (χ0n) is 10.5. The summed E-state index contributed by atoms with van der Waals surface area (Å²) < 4.78 is 10.7. The number of rotatable bonds is 5. The smallest absolute Gasteiger partial charge is 0.179 e. The maximum atomic E-state index is 6.13. The molecule has 4 nitrogen and oxygen atoms in total. The Kier molecular flexibility index (Phi) is 5.10. The number of hydrogen-bond donors (Lipinski definition) is 0. The summed E-state index contributed by atoms with van der Waals surface area (Å²) in [5.74, 6) is 1.18. The number of ether oxygens (including phenoxy) is 2.